The van der Waals surface area contributed by atoms with Crippen molar-refractivity contribution in [1.29, 1.82) is 0 Å². The minimum absolute atomic E-state index is 0.0886. The van der Waals surface area contributed by atoms with Crippen molar-refractivity contribution in [3.63, 3.8) is 0 Å². The van der Waals surface area contributed by atoms with E-state index in [1.807, 2.05) is 103 Å². The lowest BCUT2D eigenvalue weighted by atomic mass is 9.99. The first-order valence-electron chi connectivity index (χ1n) is 15.9. The predicted molar refractivity (Wildman–Crippen MR) is 189 cm³/mol. The molecular weight excluding hydrogens is 639 g/mol. The summed E-state index contributed by atoms with van der Waals surface area (Å²) in [4.78, 5) is 11.7. The first-order chi connectivity index (χ1) is 23.9. The SMILES string of the molecule is NCc1cccc(-c2cc(COc3cc(CNP(=O)(OCc4ccccc4)OCc4ccccc4)ccc3CC(=O)O)cc3ccoc23)c1. The van der Waals surface area contributed by atoms with E-state index in [2.05, 4.69) is 5.09 Å². The minimum Gasteiger partial charge on any atom is -0.489 e. The summed E-state index contributed by atoms with van der Waals surface area (Å²) in [6.07, 6.45) is 1.43. The summed E-state index contributed by atoms with van der Waals surface area (Å²) >= 11 is 0. The molecule has 0 spiro atoms. The molecule has 4 N–H and O–H groups in total. The topological polar surface area (TPSA) is 133 Å². The Bertz CT molecular complexity index is 2020. The van der Waals surface area contributed by atoms with E-state index in [-0.39, 0.29) is 32.8 Å². The highest BCUT2D eigenvalue weighted by atomic mass is 31.2. The van der Waals surface area contributed by atoms with Gasteiger partial charge in [0.05, 0.1) is 25.9 Å². The summed E-state index contributed by atoms with van der Waals surface area (Å²) in [5.74, 6) is -0.573. The third-order valence-electron chi connectivity index (χ3n) is 7.92. The van der Waals surface area contributed by atoms with E-state index in [9.17, 15) is 14.5 Å². The molecule has 0 aliphatic heterocycles. The highest BCUT2D eigenvalue weighted by molar-refractivity contribution is 7.51. The van der Waals surface area contributed by atoms with Crippen LogP contribution >= 0.6 is 7.75 Å². The molecule has 9 nitrogen and oxygen atoms in total. The van der Waals surface area contributed by atoms with Crippen molar-refractivity contribution in [3.8, 4) is 16.9 Å². The molecular formula is C39H37N2O7P. The van der Waals surface area contributed by atoms with Crippen molar-refractivity contribution >= 4 is 24.7 Å². The monoisotopic (exact) mass is 676 g/mol. The maximum absolute atomic E-state index is 13.9. The Morgan fingerprint density at radius 1 is 0.735 bits per heavy atom. The molecule has 1 heterocycles. The van der Waals surface area contributed by atoms with Gasteiger partial charge in [0, 0.05) is 29.6 Å². The highest BCUT2D eigenvalue weighted by Crippen LogP contribution is 2.46. The number of hydrogen-bond donors (Lipinski definition) is 3. The van der Waals surface area contributed by atoms with Crippen molar-refractivity contribution in [2.45, 2.75) is 39.3 Å². The molecule has 0 aliphatic carbocycles. The van der Waals surface area contributed by atoms with E-state index in [0.29, 0.717) is 23.4 Å². The highest BCUT2D eigenvalue weighted by Gasteiger charge is 2.25. The molecule has 0 bridgehead atoms. The van der Waals surface area contributed by atoms with Crippen molar-refractivity contribution in [2.24, 2.45) is 5.73 Å². The van der Waals surface area contributed by atoms with Crippen LogP contribution in [0.15, 0.2) is 132 Å². The van der Waals surface area contributed by atoms with Crippen molar-refractivity contribution in [1.82, 2.24) is 5.09 Å². The Morgan fingerprint density at radius 3 is 2.10 bits per heavy atom. The molecule has 0 fully saturated rings. The number of nitrogens with one attached hydrogen (secondary N) is 1. The number of carboxylic acids is 1. The Morgan fingerprint density at radius 2 is 1.43 bits per heavy atom. The zero-order chi connectivity index (χ0) is 34.1. The first kappa shape index (κ1) is 33.9. The Hall–Kier alpha value is -5.02. The van der Waals surface area contributed by atoms with E-state index in [1.54, 1.807) is 24.5 Å². The number of ether oxygens (including phenoxy) is 1. The van der Waals surface area contributed by atoms with Crippen LogP contribution in [0.1, 0.15) is 33.4 Å². The molecule has 0 amide bonds. The average Bonchev–Trinajstić information content (AvgIpc) is 3.61. The van der Waals surface area contributed by atoms with E-state index in [0.717, 1.165) is 44.3 Å². The molecule has 6 rings (SSSR count). The molecule has 6 aromatic rings. The number of rotatable bonds is 16. The van der Waals surface area contributed by atoms with Crippen LogP contribution in [0.2, 0.25) is 0 Å². The van der Waals surface area contributed by atoms with Gasteiger partial charge in [-0.1, -0.05) is 91.0 Å². The largest absolute Gasteiger partial charge is 0.489 e. The predicted octanol–water partition coefficient (Wildman–Crippen LogP) is 8.40. The van der Waals surface area contributed by atoms with Crippen molar-refractivity contribution in [3.05, 3.63) is 161 Å². The lowest BCUT2D eigenvalue weighted by Gasteiger charge is -2.20. The summed E-state index contributed by atoms with van der Waals surface area (Å²) in [5, 5.41) is 13.5. The van der Waals surface area contributed by atoms with Crippen LogP contribution < -0.4 is 15.6 Å². The van der Waals surface area contributed by atoms with Crippen molar-refractivity contribution in [2.75, 3.05) is 0 Å². The molecule has 0 radical (unpaired) electrons. The van der Waals surface area contributed by atoms with Gasteiger partial charge in [-0.05, 0) is 63.7 Å². The van der Waals surface area contributed by atoms with E-state index < -0.39 is 13.7 Å². The Labute approximate surface area is 284 Å². The van der Waals surface area contributed by atoms with Crippen LogP contribution in [0.3, 0.4) is 0 Å². The van der Waals surface area contributed by atoms with Gasteiger partial charge >= 0.3 is 13.7 Å². The standard InChI is InChI=1S/C39H37N2O7P/c40-23-30-12-7-13-33(18-30)36-20-32(19-35-16-17-45-39(35)36)25-46-37-21-31(14-15-34(37)22-38(42)43)24-41-49(44,47-26-28-8-3-1-4-9-28)48-27-29-10-5-2-6-11-29/h1-21H,22-27,40H2,(H,41,44)(H,42,43). The number of aliphatic carboxylic acids is 1. The maximum atomic E-state index is 13.9. The van der Waals surface area contributed by atoms with Crippen LogP contribution in [-0.2, 0) is 57.7 Å². The number of furan rings is 1. The van der Waals surface area contributed by atoms with Crippen LogP contribution in [0.4, 0.5) is 0 Å². The lowest BCUT2D eigenvalue weighted by molar-refractivity contribution is -0.136. The van der Waals surface area contributed by atoms with Gasteiger partial charge in [-0.25, -0.2) is 9.65 Å². The molecule has 0 saturated heterocycles. The lowest BCUT2D eigenvalue weighted by Crippen LogP contribution is -2.15. The Kier molecular flexibility index (Phi) is 11.0. The Balaban J connectivity index is 1.21. The molecule has 0 aliphatic rings. The zero-order valence-corrected chi connectivity index (χ0v) is 27.7. The molecule has 0 atom stereocenters. The summed E-state index contributed by atoms with van der Waals surface area (Å²) in [7, 11) is -3.79. The van der Waals surface area contributed by atoms with E-state index >= 15 is 0 Å². The number of nitrogens with two attached hydrogens (primary N) is 1. The number of benzene rings is 5. The quantitative estimate of drug-likeness (QED) is 0.0865. The third-order valence-corrected chi connectivity index (χ3v) is 9.40. The van der Waals surface area contributed by atoms with Gasteiger partial charge in [0.1, 0.15) is 17.9 Å². The van der Waals surface area contributed by atoms with Crippen molar-refractivity contribution < 1.29 is 32.7 Å². The molecule has 250 valence electrons. The van der Waals surface area contributed by atoms with Gasteiger partial charge in [0.25, 0.3) is 0 Å². The van der Waals surface area contributed by atoms with Crippen LogP contribution in [-0.4, -0.2) is 11.1 Å². The van der Waals surface area contributed by atoms with Crippen LogP contribution in [0.5, 0.6) is 5.75 Å². The number of carbonyl (C=O) groups is 1. The number of hydrogen-bond acceptors (Lipinski definition) is 7. The van der Waals surface area contributed by atoms with Gasteiger partial charge in [-0.3, -0.25) is 13.8 Å². The summed E-state index contributed by atoms with van der Waals surface area (Å²) in [6, 6.07) is 38.0. The fourth-order valence-electron chi connectivity index (χ4n) is 5.41. The maximum Gasteiger partial charge on any atom is 0.406 e. The smallest absolute Gasteiger partial charge is 0.406 e. The van der Waals surface area contributed by atoms with E-state index in [1.165, 1.54) is 0 Å². The third kappa shape index (κ3) is 9.12. The van der Waals surface area contributed by atoms with Gasteiger partial charge < -0.3 is 20.0 Å². The average molecular weight is 677 g/mol. The second kappa shape index (κ2) is 15.9. The van der Waals surface area contributed by atoms with Crippen LogP contribution in [0.25, 0.3) is 22.1 Å². The molecule has 5 aromatic carbocycles. The second-order valence-electron chi connectivity index (χ2n) is 11.5. The minimum atomic E-state index is -3.79. The normalized spacial score (nSPS) is 11.5. The molecule has 10 heteroatoms. The van der Waals surface area contributed by atoms with Crippen LogP contribution in [0, 0.1) is 0 Å². The second-order valence-corrected chi connectivity index (χ2v) is 13.4. The van der Waals surface area contributed by atoms with Gasteiger partial charge in [0.2, 0.25) is 0 Å². The molecule has 49 heavy (non-hydrogen) atoms. The molecule has 0 saturated carbocycles. The number of fused-ring (bicyclic) bond motifs is 1. The number of carboxylic acid groups (broad SMARTS) is 1. The van der Waals surface area contributed by atoms with Gasteiger partial charge in [-0.2, -0.15) is 0 Å². The van der Waals surface area contributed by atoms with E-state index in [4.69, 9.17) is 23.9 Å². The fraction of sp³-hybridized carbons (Fsp3) is 0.154. The fourth-order valence-corrected chi connectivity index (χ4v) is 6.68. The molecule has 1 aromatic heterocycles. The molecule has 0 unspecified atom stereocenters. The zero-order valence-electron chi connectivity index (χ0n) is 26.8. The summed E-state index contributed by atoms with van der Waals surface area (Å²) in [5.41, 5.74) is 13.3. The summed E-state index contributed by atoms with van der Waals surface area (Å²) < 4.78 is 37.8. The van der Waals surface area contributed by atoms with Gasteiger partial charge in [0.15, 0.2) is 0 Å². The van der Waals surface area contributed by atoms with Gasteiger partial charge in [-0.15, -0.1) is 0 Å². The summed E-state index contributed by atoms with van der Waals surface area (Å²) in [6.45, 7) is 0.889. The first-order valence-corrected chi connectivity index (χ1v) is 17.4.